The van der Waals surface area contributed by atoms with E-state index in [1.54, 1.807) is 0 Å². The molecule has 5 nitrogen and oxygen atoms in total. The normalized spacial score (nSPS) is 13.6. The molecule has 0 amide bonds. The highest BCUT2D eigenvalue weighted by atomic mass is 19.4. The molecule has 0 saturated carbocycles. The van der Waals surface area contributed by atoms with Gasteiger partial charge in [0, 0.05) is 6.20 Å². The third-order valence-electron chi connectivity index (χ3n) is 1.82. The second-order valence-corrected chi connectivity index (χ2v) is 2.95. The van der Waals surface area contributed by atoms with Gasteiger partial charge in [0.05, 0.1) is 25.3 Å². The largest absolute Gasteiger partial charge is 0.481 e. The molecule has 16 heavy (non-hydrogen) atoms. The van der Waals surface area contributed by atoms with Crippen LogP contribution >= 0.6 is 0 Å². The van der Waals surface area contributed by atoms with Crippen LogP contribution in [-0.4, -0.2) is 28.8 Å². The Morgan fingerprint density at radius 2 is 2.19 bits per heavy atom. The molecule has 1 unspecified atom stereocenters. The number of aliphatic hydroxyl groups excluding tert-OH is 1. The van der Waals surface area contributed by atoms with Gasteiger partial charge in [0.25, 0.3) is 0 Å². The summed E-state index contributed by atoms with van der Waals surface area (Å²) in [5.41, 5.74) is 5.56. The summed E-state index contributed by atoms with van der Waals surface area (Å²) in [5, 5.41) is 8.78. The Kier molecular flexibility index (Phi) is 3.66. The molecular weight excluding hydrogens is 227 g/mol. The number of rotatable bonds is 3. The zero-order valence-corrected chi connectivity index (χ0v) is 8.32. The summed E-state index contributed by atoms with van der Waals surface area (Å²) < 4.78 is 41.4. The average molecular weight is 237 g/mol. The molecule has 0 saturated heterocycles. The van der Waals surface area contributed by atoms with Gasteiger partial charge in [0.15, 0.2) is 0 Å². The first-order valence-corrected chi connectivity index (χ1v) is 4.24. The van der Waals surface area contributed by atoms with Crippen molar-refractivity contribution in [1.82, 2.24) is 9.97 Å². The van der Waals surface area contributed by atoms with Gasteiger partial charge in [-0.2, -0.15) is 18.2 Å². The number of halogens is 3. The Labute approximate surface area is 89.1 Å². The van der Waals surface area contributed by atoms with Crippen molar-refractivity contribution in [1.29, 1.82) is 0 Å². The Morgan fingerprint density at radius 1 is 1.56 bits per heavy atom. The van der Waals surface area contributed by atoms with Crippen LogP contribution in [0.3, 0.4) is 0 Å². The lowest BCUT2D eigenvalue weighted by Crippen LogP contribution is -2.19. The lowest BCUT2D eigenvalue weighted by atomic mass is 10.1. The minimum Gasteiger partial charge on any atom is -0.481 e. The molecule has 1 atom stereocenters. The molecule has 0 spiro atoms. The van der Waals surface area contributed by atoms with E-state index in [4.69, 9.17) is 10.8 Å². The van der Waals surface area contributed by atoms with E-state index < -0.39 is 24.6 Å². The third-order valence-corrected chi connectivity index (χ3v) is 1.82. The van der Waals surface area contributed by atoms with Gasteiger partial charge in [-0.15, -0.1) is 0 Å². The van der Waals surface area contributed by atoms with E-state index in [1.807, 2.05) is 0 Å². The van der Waals surface area contributed by atoms with E-state index in [0.717, 1.165) is 13.3 Å². The van der Waals surface area contributed by atoms with Crippen LogP contribution in [-0.2, 0) is 6.18 Å². The molecule has 0 fully saturated rings. The van der Waals surface area contributed by atoms with Crippen molar-refractivity contribution in [2.45, 2.75) is 12.2 Å². The summed E-state index contributed by atoms with van der Waals surface area (Å²) >= 11 is 0. The van der Waals surface area contributed by atoms with Crippen LogP contribution in [0.4, 0.5) is 13.2 Å². The first-order chi connectivity index (χ1) is 7.40. The quantitative estimate of drug-likeness (QED) is 0.799. The Bertz CT molecular complexity index is 370. The van der Waals surface area contributed by atoms with E-state index in [1.165, 1.54) is 0 Å². The number of hydrogen-bond acceptors (Lipinski definition) is 5. The van der Waals surface area contributed by atoms with Crippen LogP contribution in [0.1, 0.15) is 17.4 Å². The summed E-state index contributed by atoms with van der Waals surface area (Å²) in [6.07, 6.45) is -3.75. The predicted octanol–water partition coefficient (Wildman–Crippen LogP) is 0.496. The van der Waals surface area contributed by atoms with Crippen molar-refractivity contribution in [3.05, 3.63) is 17.6 Å². The molecule has 1 rings (SSSR count). The summed E-state index contributed by atoms with van der Waals surface area (Å²) in [6.45, 7) is -0.439. The number of ether oxygens (including phenoxy) is 1. The van der Waals surface area contributed by atoms with Gasteiger partial charge in [0.2, 0.25) is 11.7 Å². The van der Waals surface area contributed by atoms with Gasteiger partial charge < -0.3 is 15.6 Å². The maximum absolute atomic E-state index is 12.3. The van der Waals surface area contributed by atoms with Crippen molar-refractivity contribution >= 4 is 0 Å². The molecule has 8 heteroatoms. The van der Waals surface area contributed by atoms with E-state index in [-0.39, 0.29) is 11.4 Å². The van der Waals surface area contributed by atoms with Crippen LogP contribution in [0.5, 0.6) is 5.88 Å². The first kappa shape index (κ1) is 12.7. The van der Waals surface area contributed by atoms with Crippen molar-refractivity contribution in [2.24, 2.45) is 5.73 Å². The summed E-state index contributed by atoms with van der Waals surface area (Å²) in [4.78, 5) is 6.30. The number of nitrogens with zero attached hydrogens (tertiary/aromatic N) is 2. The number of methoxy groups -OCH3 is 1. The monoisotopic (exact) mass is 237 g/mol. The molecule has 1 aromatic rings. The highest BCUT2D eigenvalue weighted by Gasteiger charge is 2.35. The lowest BCUT2D eigenvalue weighted by Gasteiger charge is -2.13. The van der Waals surface area contributed by atoms with Crippen LogP contribution in [0.2, 0.25) is 0 Å². The fraction of sp³-hybridized carbons (Fsp3) is 0.500. The maximum atomic E-state index is 12.3. The summed E-state index contributed by atoms with van der Waals surface area (Å²) in [7, 11) is 1.16. The van der Waals surface area contributed by atoms with Crippen LogP contribution in [0.15, 0.2) is 6.20 Å². The topological polar surface area (TPSA) is 81.3 Å². The highest BCUT2D eigenvalue weighted by Crippen LogP contribution is 2.29. The fourth-order valence-corrected chi connectivity index (χ4v) is 1.03. The molecule has 1 heterocycles. The van der Waals surface area contributed by atoms with Gasteiger partial charge in [0.1, 0.15) is 0 Å². The zero-order chi connectivity index (χ0) is 12.3. The Morgan fingerprint density at radius 3 is 2.62 bits per heavy atom. The minimum atomic E-state index is -4.64. The SMILES string of the molecule is COc1nc(C(F)(F)F)ncc1C(N)CO. The highest BCUT2D eigenvalue weighted by molar-refractivity contribution is 5.27. The zero-order valence-electron chi connectivity index (χ0n) is 8.32. The van der Waals surface area contributed by atoms with Crippen LogP contribution in [0.25, 0.3) is 0 Å². The van der Waals surface area contributed by atoms with E-state index in [9.17, 15) is 13.2 Å². The molecule has 0 aliphatic carbocycles. The number of alkyl halides is 3. The van der Waals surface area contributed by atoms with E-state index in [2.05, 4.69) is 14.7 Å². The number of nitrogens with two attached hydrogens (primary N) is 1. The van der Waals surface area contributed by atoms with Gasteiger partial charge in [-0.1, -0.05) is 0 Å². The molecule has 3 N–H and O–H groups in total. The molecule has 0 bridgehead atoms. The molecule has 0 aliphatic rings. The summed E-state index contributed by atoms with van der Waals surface area (Å²) in [5.74, 6) is -1.60. The maximum Gasteiger partial charge on any atom is 0.451 e. The molecule has 0 aromatic carbocycles. The smallest absolute Gasteiger partial charge is 0.451 e. The number of aliphatic hydroxyl groups is 1. The lowest BCUT2D eigenvalue weighted by molar-refractivity contribution is -0.145. The molecule has 1 aromatic heterocycles. The van der Waals surface area contributed by atoms with Gasteiger partial charge in [-0.05, 0) is 0 Å². The Balaban J connectivity index is 3.17. The Hall–Kier alpha value is -1.41. The molecular formula is C8H10F3N3O2. The average Bonchev–Trinajstić information content (AvgIpc) is 2.26. The minimum absolute atomic E-state index is 0.123. The van der Waals surface area contributed by atoms with Crippen LogP contribution < -0.4 is 10.5 Å². The first-order valence-electron chi connectivity index (χ1n) is 4.24. The fourth-order valence-electron chi connectivity index (χ4n) is 1.03. The number of aromatic nitrogens is 2. The second kappa shape index (κ2) is 4.62. The van der Waals surface area contributed by atoms with Gasteiger partial charge >= 0.3 is 6.18 Å². The van der Waals surface area contributed by atoms with Crippen molar-refractivity contribution < 1.29 is 23.0 Å². The van der Waals surface area contributed by atoms with Crippen molar-refractivity contribution in [2.75, 3.05) is 13.7 Å². The van der Waals surface area contributed by atoms with E-state index in [0.29, 0.717) is 0 Å². The van der Waals surface area contributed by atoms with Crippen LogP contribution in [0, 0.1) is 0 Å². The van der Waals surface area contributed by atoms with Crippen molar-refractivity contribution in [3.8, 4) is 5.88 Å². The predicted molar refractivity (Wildman–Crippen MR) is 47.6 cm³/mol. The standard InChI is InChI=1S/C8H10F3N3O2/c1-16-6-4(5(12)3-15)2-13-7(14-6)8(9,10)11/h2,5,15H,3,12H2,1H3. The van der Waals surface area contributed by atoms with E-state index >= 15 is 0 Å². The molecule has 90 valence electrons. The van der Waals surface area contributed by atoms with Gasteiger partial charge in [-0.25, -0.2) is 4.98 Å². The van der Waals surface area contributed by atoms with Crippen molar-refractivity contribution in [3.63, 3.8) is 0 Å². The molecule has 0 aliphatic heterocycles. The summed E-state index contributed by atoms with van der Waals surface area (Å²) in [6, 6.07) is -0.878. The third kappa shape index (κ3) is 2.58. The molecule has 0 radical (unpaired) electrons. The second-order valence-electron chi connectivity index (χ2n) is 2.95. The van der Waals surface area contributed by atoms with Gasteiger partial charge in [-0.3, -0.25) is 0 Å². The number of hydrogen-bond donors (Lipinski definition) is 2.